The Hall–Kier alpha value is -0.570. The average molecular weight is 238 g/mol. The summed E-state index contributed by atoms with van der Waals surface area (Å²) >= 11 is 0. The highest BCUT2D eigenvalue weighted by molar-refractivity contribution is 5.76. The van der Waals surface area contributed by atoms with Gasteiger partial charge in [-0.25, -0.2) is 0 Å². The molecule has 17 heavy (non-hydrogen) atoms. The van der Waals surface area contributed by atoms with Crippen LogP contribution in [0.4, 0.5) is 0 Å². The van der Waals surface area contributed by atoms with Crippen LogP contribution in [0.5, 0.6) is 0 Å². The summed E-state index contributed by atoms with van der Waals surface area (Å²) in [6.07, 6.45) is 5.43. The number of hydrogen-bond acceptors (Lipinski definition) is 2. The molecule has 1 aliphatic heterocycles. The van der Waals surface area contributed by atoms with Gasteiger partial charge < -0.3 is 10.6 Å². The van der Waals surface area contributed by atoms with E-state index in [1.165, 1.54) is 25.8 Å². The van der Waals surface area contributed by atoms with Gasteiger partial charge in [0.1, 0.15) is 0 Å². The number of nitrogens with one attached hydrogen (secondary N) is 2. The average Bonchev–Trinajstić information content (AvgIpc) is 2.75. The van der Waals surface area contributed by atoms with Crippen molar-refractivity contribution in [2.75, 3.05) is 13.1 Å². The van der Waals surface area contributed by atoms with Crippen molar-refractivity contribution in [2.24, 2.45) is 17.8 Å². The lowest BCUT2D eigenvalue weighted by molar-refractivity contribution is -0.123. The lowest BCUT2D eigenvalue weighted by Gasteiger charge is -2.31. The number of rotatable bonds is 4. The van der Waals surface area contributed by atoms with Crippen LogP contribution in [0.1, 0.15) is 46.0 Å². The molecule has 1 saturated heterocycles. The quantitative estimate of drug-likeness (QED) is 0.786. The highest BCUT2D eigenvalue weighted by Gasteiger charge is 2.34. The first kappa shape index (κ1) is 12.9. The van der Waals surface area contributed by atoms with Crippen molar-refractivity contribution in [3.63, 3.8) is 0 Å². The summed E-state index contributed by atoms with van der Waals surface area (Å²) in [5.41, 5.74) is 0. The van der Waals surface area contributed by atoms with Crippen LogP contribution in [-0.2, 0) is 4.79 Å². The maximum atomic E-state index is 11.8. The van der Waals surface area contributed by atoms with Crippen molar-refractivity contribution in [1.82, 2.24) is 10.6 Å². The van der Waals surface area contributed by atoms with Gasteiger partial charge in [-0.2, -0.15) is 0 Å². The molecule has 1 saturated carbocycles. The molecule has 3 nitrogen and oxygen atoms in total. The molecule has 1 heterocycles. The topological polar surface area (TPSA) is 41.1 Å². The highest BCUT2D eigenvalue weighted by Crippen LogP contribution is 2.32. The summed E-state index contributed by atoms with van der Waals surface area (Å²) in [4.78, 5) is 11.8. The first-order valence-corrected chi connectivity index (χ1v) is 7.19. The number of amides is 1. The van der Waals surface area contributed by atoms with E-state index in [0.29, 0.717) is 18.4 Å². The number of carbonyl (C=O) groups excluding carboxylic acids is 1. The Morgan fingerprint density at radius 3 is 2.88 bits per heavy atom. The molecule has 3 heteroatoms. The maximum absolute atomic E-state index is 11.8. The Kier molecular flexibility index (Phi) is 4.43. The standard InChI is InChI=1S/C14H26N2O/c1-3-10(2)6-14(17)16-13-5-4-11-8-15-9-12(11)7-13/h10-13,15H,3-9H2,1-2H3,(H,16,17)/t10?,11-,12+,13?/m0/s1. The lowest BCUT2D eigenvalue weighted by atomic mass is 9.79. The Labute approximate surface area is 105 Å². The molecule has 2 fully saturated rings. The van der Waals surface area contributed by atoms with Crippen LogP contribution in [0, 0.1) is 17.8 Å². The third-order valence-corrected chi connectivity index (χ3v) is 4.55. The van der Waals surface area contributed by atoms with Crippen LogP contribution in [0.25, 0.3) is 0 Å². The van der Waals surface area contributed by atoms with E-state index >= 15 is 0 Å². The van der Waals surface area contributed by atoms with Crippen molar-refractivity contribution in [2.45, 2.75) is 52.0 Å². The zero-order chi connectivity index (χ0) is 12.3. The van der Waals surface area contributed by atoms with Gasteiger partial charge in [-0.05, 0) is 50.1 Å². The van der Waals surface area contributed by atoms with E-state index in [9.17, 15) is 4.79 Å². The third kappa shape index (κ3) is 3.44. The summed E-state index contributed by atoms with van der Waals surface area (Å²) in [6, 6.07) is 0.438. The minimum Gasteiger partial charge on any atom is -0.353 e. The third-order valence-electron chi connectivity index (χ3n) is 4.55. The van der Waals surface area contributed by atoms with E-state index in [1.807, 2.05) is 0 Å². The Morgan fingerprint density at radius 1 is 1.35 bits per heavy atom. The molecule has 0 aromatic heterocycles. The molecule has 1 aliphatic carbocycles. The van der Waals surface area contributed by atoms with E-state index in [2.05, 4.69) is 24.5 Å². The van der Waals surface area contributed by atoms with E-state index in [1.54, 1.807) is 0 Å². The number of carbonyl (C=O) groups is 1. The fraction of sp³-hybridized carbons (Fsp3) is 0.929. The second-order valence-corrected chi connectivity index (χ2v) is 5.97. The van der Waals surface area contributed by atoms with Crippen molar-refractivity contribution >= 4 is 5.91 Å². The van der Waals surface area contributed by atoms with Crippen LogP contribution < -0.4 is 10.6 Å². The zero-order valence-electron chi connectivity index (χ0n) is 11.2. The molecule has 2 unspecified atom stereocenters. The first-order valence-electron chi connectivity index (χ1n) is 7.19. The largest absolute Gasteiger partial charge is 0.353 e. The predicted molar refractivity (Wildman–Crippen MR) is 69.7 cm³/mol. The maximum Gasteiger partial charge on any atom is 0.220 e. The van der Waals surface area contributed by atoms with Gasteiger partial charge in [0.25, 0.3) is 0 Å². The monoisotopic (exact) mass is 238 g/mol. The van der Waals surface area contributed by atoms with Gasteiger partial charge in [0.15, 0.2) is 0 Å². The smallest absolute Gasteiger partial charge is 0.220 e. The van der Waals surface area contributed by atoms with Gasteiger partial charge in [-0.15, -0.1) is 0 Å². The van der Waals surface area contributed by atoms with Gasteiger partial charge in [0.2, 0.25) is 5.91 Å². The van der Waals surface area contributed by atoms with Crippen molar-refractivity contribution < 1.29 is 4.79 Å². The minimum absolute atomic E-state index is 0.258. The molecule has 1 amide bonds. The summed E-state index contributed by atoms with van der Waals surface area (Å²) < 4.78 is 0. The fourth-order valence-electron chi connectivity index (χ4n) is 3.18. The molecule has 0 aromatic rings. The van der Waals surface area contributed by atoms with Gasteiger partial charge in [-0.3, -0.25) is 4.79 Å². The molecule has 0 aromatic carbocycles. The number of hydrogen-bond donors (Lipinski definition) is 2. The number of fused-ring (bicyclic) bond motifs is 1. The first-order chi connectivity index (χ1) is 8.19. The zero-order valence-corrected chi connectivity index (χ0v) is 11.2. The second kappa shape index (κ2) is 5.85. The summed E-state index contributed by atoms with van der Waals surface area (Å²) in [5.74, 6) is 2.45. The molecule has 2 aliphatic rings. The van der Waals surface area contributed by atoms with Gasteiger partial charge in [0, 0.05) is 12.5 Å². The van der Waals surface area contributed by atoms with Crippen LogP contribution in [0.2, 0.25) is 0 Å². The molecule has 0 radical (unpaired) electrons. The van der Waals surface area contributed by atoms with Crippen molar-refractivity contribution in [3.8, 4) is 0 Å². The van der Waals surface area contributed by atoms with Crippen molar-refractivity contribution in [3.05, 3.63) is 0 Å². The van der Waals surface area contributed by atoms with Crippen LogP contribution in [0.15, 0.2) is 0 Å². The molecule has 0 bridgehead atoms. The SMILES string of the molecule is CCC(C)CC(=O)NC1CC[C@H]2CNC[C@H]2C1. The van der Waals surface area contributed by atoms with E-state index in [-0.39, 0.29) is 5.91 Å². The Balaban J connectivity index is 1.74. The van der Waals surface area contributed by atoms with Gasteiger partial charge in [-0.1, -0.05) is 20.3 Å². The van der Waals surface area contributed by atoms with Gasteiger partial charge >= 0.3 is 0 Å². The fourth-order valence-corrected chi connectivity index (χ4v) is 3.18. The van der Waals surface area contributed by atoms with Gasteiger partial charge in [0.05, 0.1) is 0 Å². The molecular formula is C14H26N2O. The van der Waals surface area contributed by atoms with Crippen LogP contribution in [-0.4, -0.2) is 25.0 Å². The minimum atomic E-state index is 0.258. The molecular weight excluding hydrogens is 212 g/mol. The summed E-state index contributed by atoms with van der Waals surface area (Å²) in [6.45, 7) is 6.64. The van der Waals surface area contributed by atoms with E-state index < -0.39 is 0 Å². The molecule has 0 spiro atoms. The van der Waals surface area contributed by atoms with Crippen LogP contribution in [0.3, 0.4) is 0 Å². The molecule has 2 rings (SSSR count). The summed E-state index contributed by atoms with van der Waals surface area (Å²) in [5, 5.41) is 6.70. The van der Waals surface area contributed by atoms with E-state index in [4.69, 9.17) is 0 Å². The lowest BCUT2D eigenvalue weighted by Crippen LogP contribution is -2.41. The highest BCUT2D eigenvalue weighted by atomic mass is 16.1. The Morgan fingerprint density at radius 2 is 2.12 bits per heavy atom. The predicted octanol–water partition coefficient (Wildman–Crippen LogP) is 1.93. The molecule has 98 valence electrons. The Bertz CT molecular complexity index is 267. The molecule has 4 atom stereocenters. The molecule has 2 N–H and O–H groups in total. The second-order valence-electron chi connectivity index (χ2n) is 5.97. The van der Waals surface area contributed by atoms with Crippen molar-refractivity contribution in [1.29, 1.82) is 0 Å². The normalized spacial score (nSPS) is 34.1. The summed E-state index contributed by atoms with van der Waals surface area (Å²) in [7, 11) is 0. The van der Waals surface area contributed by atoms with E-state index in [0.717, 1.165) is 24.8 Å². The van der Waals surface area contributed by atoms with Crippen LogP contribution >= 0.6 is 0 Å².